The molecule has 4 aliphatic heterocycles. The molecule has 4 rings (SSSR count). The van der Waals surface area contributed by atoms with Crippen molar-refractivity contribution in [2.75, 3.05) is 28.4 Å². The Labute approximate surface area is 242 Å². The van der Waals surface area contributed by atoms with E-state index < -0.39 is 48.0 Å². The Balaban J connectivity index is 0. The zero-order valence-electron chi connectivity index (χ0n) is 20.5. The molecule has 18 heteroatoms. The summed E-state index contributed by atoms with van der Waals surface area (Å²) in [5, 5.41) is 13.5. The largest absolute Gasteiger partial charge is 2.00 e. The maximum atomic E-state index is 10.5. The van der Waals surface area contributed by atoms with Gasteiger partial charge in [-0.15, -0.1) is 0 Å². The zero-order chi connectivity index (χ0) is 27.4. The van der Waals surface area contributed by atoms with Crippen LogP contribution in [0.15, 0.2) is 0 Å². The number of carbonyl (C=O) groups excluding carboxylic acids is 8. The van der Waals surface area contributed by atoms with Crippen molar-refractivity contribution >= 4 is 47.5 Å². The second-order valence-corrected chi connectivity index (χ2v) is 7.06. The van der Waals surface area contributed by atoms with Crippen molar-refractivity contribution in [1.29, 1.82) is 0 Å². The number of β-lactam (4-membered cyclic amide) rings is 4. The summed E-state index contributed by atoms with van der Waals surface area (Å²) in [7, 11) is 5.11. The molecule has 0 aromatic heterocycles. The fourth-order valence-electron chi connectivity index (χ4n) is 2.39. The SMILES string of the molecule is COC(=O)[C@H]1CC(=O)[N-]1.COC(=O)[C@H]1CC(=O)[N-]1.COC(=O)[C@H]1CC(=O)[N-]1.COC(=O)[C@H]1CC(=O)[N-]1.[Rh+2].[Rh+2]. The van der Waals surface area contributed by atoms with Crippen molar-refractivity contribution in [1.82, 2.24) is 0 Å². The minimum absolute atomic E-state index is 0. The molecule has 4 aliphatic rings. The topological polar surface area (TPSA) is 230 Å². The number of nitrogens with zero attached hydrogens (tertiary/aromatic N) is 4. The Morgan fingerprint density at radius 1 is 0.474 bits per heavy atom. The molecule has 0 N–H and O–H groups in total. The Kier molecular flexibility index (Phi) is 17.9. The fourth-order valence-corrected chi connectivity index (χ4v) is 2.39. The minimum atomic E-state index is -0.512. The van der Waals surface area contributed by atoms with E-state index in [1.165, 1.54) is 28.4 Å². The summed E-state index contributed by atoms with van der Waals surface area (Å²) in [6.45, 7) is 0. The zero-order valence-corrected chi connectivity index (χ0v) is 23.8. The van der Waals surface area contributed by atoms with Crippen LogP contribution in [-0.4, -0.2) is 100 Å². The van der Waals surface area contributed by atoms with Crippen molar-refractivity contribution in [3.8, 4) is 0 Å². The number of methoxy groups -OCH3 is 4. The van der Waals surface area contributed by atoms with E-state index in [9.17, 15) is 38.4 Å². The van der Waals surface area contributed by atoms with Crippen LogP contribution in [0.25, 0.3) is 21.3 Å². The molecule has 0 aromatic rings. The number of amides is 4. The summed E-state index contributed by atoms with van der Waals surface area (Å²) in [4.78, 5) is 82.5. The van der Waals surface area contributed by atoms with Crippen molar-refractivity contribution in [3.63, 3.8) is 0 Å². The maximum absolute atomic E-state index is 10.5. The molecule has 0 bridgehead atoms. The summed E-state index contributed by atoms with van der Waals surface area (Å²) < 4.78 is 17.3. The number of hydrogen-bond acceptors (Lipinski definition) is 12. The molecule has 0 spiro atoms. The van der Waals surface area contributed by atoms with Gasteiger partial charge in [0.1, 0.15) is 0 Å². The van der Waals surface area contributed by atoms with Crippen LogP contribution in [0.2, 0.25) is 0 Å². The van der Waals surface area contributed by atoms with Crippen molar-refractivity contribution in [2.24, 2.45) is 0 Å². The number of ether oxygens (including phenoxy) is 4. The average Bonchev–Trinajstić information content (AvgIpc) is 2.80. The molecule has 4 atom stereocenters. The van der Waals surface area contributed by atoms with Crippen molar-refractivity contribution in [2.45, 2.75) is 49.9 Å². The van der Waals surface area contributed by atoms with Gasteiger partial charge in [0.15, 0.2) is 0 Å². The third kappa shape index (κ3) is 12.0. The molecule has 214 valence electrons. The average molecular weight is 718 g/mol. The number of rotatable bonds is 4. The van der Waals surface area contributed by atoms with E-state index in [1.807, 2.05) is 0 Å². The summed E-state index contributed by atoms with van der Waals surface area (Å²) in [5.74, 6) is -2.56. The number of carbonyl (C=O) groups is 8. The van der Waals surface area contributed by atoms with Gasteiger partial charge in [-0.05, 0) is 49.9 Å². The van der Waals surface area contributed by atoms with E-state index in [4.69, 9.17) is 0 Å². The van der Waals surface area contributed by atoms with E-state index in [0.29, 0.717) is 0 Å². The van der Waals surface area contributed by atoms with E-state index >= 15 is 0 Å². The quantitative estimate of drug-likeness (QED) is 0.152. The molecule has 4 saturated heterocycles. The molecule has 4 fully saturated rings. The van der Waals surface area contributed by atoms with Crippen LogP contribution >= 0.6 is 0 Å². The van der Waals surface area contributed by atoms with E-state index in [-0.39, 0.29) is 88.3 Å². The first-order valence-electron chi connectivity index (χ1n) is 10.2. The molecule has 4 amide bonds. The minimum Gasteiger partial charge on any atom is -0.642 e. The van der Waals surface area contributed by atoms with Gasteiger partial charge in [-0.2, -0.15) is 0 Å². The second kappa shape index (κ2) is 18.3. The predicted octanol–water partition coefficient (Wildman–Crippen LogP) is -0.677. The fraction of sp³-hybridized carbons (Fsp3) is 0.600. The first-order valence-corrected chi connectivity index (χ1v) is 10.2. The monoisotopic (exact) mass is 718 g/mol. The maximum Gasteiger partial charge on any atom is 2.00 e. The molecule has 0 unspecified atom stereocenters. The third-order valence-corrected chi connectivity index (χ3v) is 4.56. The van der Waals surface area contributed by atoms with Crippen LogP contribution in [0, 0.1) is 0 Å². The van der Waals surface area contributed by atoms with Gasteiger partial charge in [0.2, 0.25) is 0 Å². The van der Waals surface area contributed by atoms with Crippen molar-refractivity contribution in [3.05, 3.63) is 21.3 Å². The number of esters is 4. The summed E-state index contributed by atoms with van der Waals surface area (Å²) >= 11 is 0. The molecule has 0 saturated carbocycles. The number of hydrogen-bond donors (Lipinski definition) is 0. The van der Waals surface area contributed by atoms with Gasteiger partial charge in [-0.3, -0.25) is 19.2 Å². The molecule has 4 heterocycles. The van der Waals surface area contributed by atoms with E-state index in [2.05, 4.69) is 40.2 Å². The third-order valence-electron chi connectivity index (χ3n) is 4.56. The first-order chi connectivity index (χ1) is 16.9. The summed E-state index contributed by atoms with van der Waals surface area (Å²) in [6, 6.07) is -2.05. The smallest absolute Gasteiger partial charge is 0.642 e. The predicted molar refractivity (Wildman–Crippen MR) is 115 cm³/mol. The van der Waals surface area contributed by atoms with Crippen LogP contribution in [0.4, 0.5) is 0 Å². The standard InChI is InChI=1S/4C5H7NO3.2Rh/c4*1-9-5(8)3-2-4(7)6-3;;/h4*3H,2H2,1H3,(H,6,7);;/q;;;;2*+2/p-4/t4*3-;;/m1111../s1. The molecule has 0 aliphatic carbocycles. The Morgan fingerprint density at radius 2 is 0.605 bits per heavy atom. The molecule has 0 aromatic carbocycles. The summed E-state index contributed by atoms with van der Waals surface area (Å²) in [5.41, 5.74) is 0. The molecule has 16 nitrogen and oxygen atoms in total. The molecular weight excluding hydrogens is 694 g/mol. The van der Waals surface area contributed by atoms with Crippen LogP contribution < -0.4 is 0 Å². The normalized spacial score (nSPS) is 22.8. The van der Waals surface area contributed by atoms with Crippen LogP contribution in [0.1, 0.15) is 25.7 Å². The van der Waals surface area contributed by atoms with Gasteiger partial charge in [0.05, 0.1) is 52.1 Å². The van der Waals surface area contributed by atoms with E-state index in [1.54, 1.807) is 0 Å². The van der Waals surface area contributed by atoms with Gasteiger partial charge in [-0.1, -0.05) is 0 Å². The van der Waals surface area contributed by atoms with Crippen LogP contribution in [0.3, 0.4) is 0 Å². The molecule has 2 radical (unpaired) electrons. The van der Waals surface area contributed by atoms with E-state index in [0.717, 1.165) is 0 Å². The summed E-state index contributed by atoms with van der Waals surface area (Å²) in [6.07, 6.45) is 0.860. The van der Waals surface area contributed by atoms with Gasteiger partial charge < -0.3 is 59.4 Å². The Morgan fingerprint density at radius 3 is 0.684 bits per heavy atom. The van der Waals surface area contributed by atoms with Gasteiger partial charge in [0.25, 0.3) is 23.9 Å². The van der Waals surface area contributed by atoms with Crippen LogP contribution in [0.5, 0.6) is 0 Å². The first kappa shape index (κ1) is 37.2. The van der Waals surface area contributed by atoms with Gasteiger partial charge in [-0.25, -0.2) is 0 Å². The van der Waals surface area contributed by atoms with Gasteiger partial charge in [0, 0.05) is 0 Å². The van der Waals surface area contributed by atoms with Crippen LogP contribution in [-0.2, 0) is 96.3 Å². The molecule has 38 heavy (non-hydrogen) atoms. The molecular formula is C20H24N4O12Rh2. The van der Waals surface area contributed by atoms with Gasteiger partial charge >= 0.3 is 39.0 Å². The Bertz CT molecular complexity index is 740. The van der Waals surface area contributed by atoms with Crippen molar-refractivity contribution < 1.29 is 96.3 Å². The second-order valence-electron chi connectivity index (χ2n) is 7.06. The Hall–Kier alpha value is -2.99.